The molecule has 1 aromatic heterocycles. The smallest absolute Gasteiger partial charge is 0.0900 e. The van der Waals surface area contributed by atoms with Crippen LogP contribution in [0.5, 0.6) is 0 Å². The Morgan fingerprint density at radius 1 is 1.32 bits per heavy atom. The van der Waals surface area contributed by atoms with E-state index < -0.39 is 0 Å². The van der Waals surface area contributed by atoms with Crippen molar-refractivity contribution in [1.82, 2.24) is 4.98 Å². The van der Waals surface area contributed by atoms with Crippen LogP contribution in [0.25, 0.3) is 0 Å². The van der Waals surface area contributed by atoms with Gasteiger partial charge in [-0.3, -0.25) is 0 Å². The maximum absolute atomic E-state index is 4.51. The van der Waals surface area contributed by atoms with Gasteiger partial charge in [0.15, 0.2) is 0 Å². The van der Waals surface area contributed by atoms with Crippen LogP contribution in [0.1, 0.15) is 35.5 Å². The summed E-state index contributed by atoms with van der Waals surface area (Å²) in [6, 6.07) is 8.80. The Kier molecular flexibility index (Phi) is 4.88. The van der Waals surface area contributed by atoms with Crippen molar-refractivity contribution in [2.45, 2.75) is 38.6 Å². The van der Waals surface area contributed by atoms with Gasteiger partial charge in [-0.1, -0.05) is 19.1 Å². The van der Waals surface area contributed by atoms with Crippen LogP contribution in [0, 0.1) is 13.8 Å². The number of aromatic nitrogens is 1. The van der Waals surface area contributed by atoms with E-state index >= 15 is 0 Å². The number of hydrogen-bond donors (Lipinski definition) is 1. The number of benzene rings is 1. The van der Waals surface area contributed by atoms with Crippen LogP contribution in [0.4, 0.5) is 5.69 Å². The average Bonchev–Trinajstić information content (AvgIpc) is 2.71. The molecule has 102 valence electrons. The fraction of sp³-hybridized carbons (Fsp3) is 0.400. The first-order valence-corrected chi connectivity index (χ1v) is 8.34. The van der Waals surface area contributed by atoms with Crippen LogP contribution < -0.4 is 5.32 Å². The third-order valence-electron chi connectivity index (χ3n) is 2.89. The molecule has 0 saturated carbocycles. The lowest BCUT2D eigenvalue weighted by atomic mass is 10.2. The molecule has 0 aliphatic carbocycles. The number of nitrogens with zero attached hydrogens (tertiary/aromatic N) is 1. The van der Waals surface area contributed by atoms with E-state index in [4.69, 9.17) is 0 Å². The minimum atomic E-state index is 0.296. The molecule has 4 heteroatoms. The molecular weight excluding hydrogens is 272 g/mol. The SMILES string of the molecule is CCSc1ccccc1NC(C)c1sc(C)nc1C. The predicted octanol–water partition coefficient (Wildman–Crippen LogP) is 5.05. The van der Waals surface area contributed by atoms with Crippen molar-refractivity contribution >= 4 is 28.8 Å². The maximum atomic E-state index is 4.51. The predicted molar refractivity (Wildman–Crippen MR) is 86.5 cm³/mol. The molecule has 19 heavy (non-hydrogen) atoms. The minimum absolute atomic E-state index is 0.296. The fourth-order valence-corrected chi connectivity index (χ4v) is 3.81. The lowest BCUT2D eigenvalue weighted by molar-refractivity contribution is 0.884. The first kappa shape index (κ1) is 14.4. The number of aryl methyl sites for hydroxylation is 2. The van der Waals surface area contributed by atoms with Gasteiger partial charge in [-0.05, 0) is 38.7 Å². The normalized spacial score (nSPS) is 12.4. The summed E-state index contributed by atoms with van der Waals surface area (Å²) in [7, 11) is 0. The molecule has 2 rings (SSSR count). The van der Waals surface area contributed by atoms with Gasteiger partial charge in [-0.15, -0.1) is 23.1 Å². The molecule has 1 N–H and O–H groups in total. The van der Waals surface area contributed by atoms with E-state index in [1.54, 1.807) is 11.3 Å². The summed E-state index contributed by atoms with van der Waals surface area (Å²) in [5, 5.41) is 4.75. The molecule has 1 unspecified atom stereocenters. The quantitative estimate of drug-likeness (QED) is 0.781. The van der Waals surface area contributed by atoms with E-state index in [2.05, 4.69) is 62.3 Å². The summed E-state index contributed by atoms with van der Waals surface area (Å²) < 4.78 is 0. The molecule has 2 nitrogen and oxygen atoms in total. The van der Waals surface area contributed by atoms with Crippen molar-refractivity contribution in [3.05, 3.63) is 39.8 Å². The Morgan fingerprint density at radius 2 is 2.05 bits per heavy atom. The summed E-state index contributed by atoms with van der Waals surface area (Å²) in [4.78, 5) is 7.15. The van der Waals surface area contributed by atoms with Gasteiger partial charge >= 0.3 is 0 Å². The van der Waals surface area contributed by atoms with Crippen molar-refractivity contribution < 1.29 is 0 Å². The number of para-hydroxylation sites is 1. The molecule has 1 atom stereocenters. The van der Waals surface area contributed by atoms with Gasteiger partial charge in [0.05, 0.1) is 16.7 Å². The van der Waals surface area contributed by atoms with Crippen LogP contribution in [-0.2, 0) is 0 Å². The first-order valence-electron chi connectivity index (χ1n) is 6.54. The Balaban J connectivity index is 2.19. The van der Waals surface area contributed by atoms with Crippen molar-refractivity contribution in [2.24, 2.45) is 0 Å². The van der Waals surface area contributed by atoms with Crippen LogP contribution in [0.2, 0.25) is 0 Å². The molecule has 2 aromatic rings. The molecule has 0 fully saturated rings. The molecule has 0 aliphatic heterocycles. The second kappa shape index (κ2) is 6.44. The molecule has 1 heterocycles. The van der Waals surface area contributed by atoms with E-state index in [0.717, 1.165) is 16.5 Å². The second-order valence-electron chi connectivity index (χ2n) is 4.48. The highest BCUT2D eigenvalue weighted by Crippen LogP contribution is 2.32. The molecule has 0 aliphatic rings. The van der Waals surface area contributed by atoms with E-state index in [9.17, 15) is 0 Å². The van der Waals surface area contributed by atoms with E-state index in [0.29, 0.717) is 6.04 Å². The largest absolute Gasteiger partial charge is 0.377 e. The van der Waals surface area contributed by atoms with Crippen LogP contribution >= 0.6 is 23.1 Å². The lowest BCUT2D eigenvalue weighted by Crippen LogP contribution is -2.07. The minimum Gasteiger partial charge on any atom is -0.377 e. The second-order valence-corrected chi connectivity index (χ2v) is 7.02. The molecule has 0 spiro atoms. The summed E-state index contributed by atoms with van der Waals surface area (Å²) in [6.07, 6.45) is 0. The highest BCUT2D eigenvalue weighted by Gasteiger charge is 2.14. The Hall–Kier alpha value is -1.00. The van der Waals surface area contributed by atoms with Crippen LogP contribution in [0.3, 0.4) is 0 Å². The average molecular weight is 292 g/mol. The number of nitrogens with one attached hydrogen (secondary N) is 1. The molecular formula is C15H20N2S2. The summed E-state index contributed by atoms with van der Waals surface area (Å²) in [5.74, 6) is 1.09. The van der Waals surface area contributed by atoms with Crippen molar-refractivity contribution in [3.8, 4) is 0 Å². The topological polar surface area (TPSA) is 24.9 Å². The number of anilines is 1. The molecule has 1 aromatic carbocycles. The van der Waals surface area contributed by atoms with Crippen LogP contribution in [-0.4, -0.2) is 10.7 Å². The van der Waals surface area contributed by atoms with Crippen molar-refractivity contribution in [3.63, 3.8) is 0 Å². The standard InChI is InChI=1S/C15H20N2S2/c1-5-18-14-9-7-6-8-13(14)17-11(3)15-10(2)16-12(4)19-15/h6-9,11,17H,5H2,1-4H3. The van der Waals surface area contributed by atoms with E-state index in [1.807, 2.05) is 11.8 Å². The molecule has 0 saturated heterocycles. The summed E-state index contributed by atoms with van der Waals surface area (Å²) in [5.41, 5.74) is 2.36. The highest BCUT2D eigenvalue weighted by molar-refractivity contribution is 7.99. The number of rotatable bonds is 5. The summed E-state index contributed by atoms with van der Waals surface area (Å²) >= 11 is 3.65. The van der Waals surface area contributed by atoms with Gasteiger partial charge in [0.1, 0.15) is 0 Å². The number of thioether (sulfide) groups is 1. The van der Waals surface area contributed by atoms with Gasteiger partial charge in [0.25, 0.3) is 0 Å². The van der Waals surface area contributed by atoms with Crippen LogP contribution in [0.15, 0.2) is 29.2 Å². The summed E-state index contributed by atoms with van der Waals surface area (Å²) in [6.45, 7) is 8.54. The molecule has 0 amide bonds. The zero-order chi connectivity index (χ0) is 13.8. The monoisotopic (exact) mass is 292 g/mol. The zero-order valence-corrected chi connectivity index (χ0v) is 13.5. The van der Waals surface area contributed by atoms with Crippen molar-refractivity contribution in [1.29, 1.82) is 0 Å². The Bertz CT molecular complexity index is 549. The third kappa shape index (κ3) is 3.51. The number of hydrogen-bond acceptors (Lipinski definition) is 4. The third-order valence-corrected chi connectivity index (χ3v) is 5.10. The number of thiazole rings is 1. The first-order chi connectivity index (χ1) is 9.11. The molecule has 0 radical (unpaired) electrons. The van der Waals surface area contributed by atoms with E-state index in [1.165, 1.54) is 15.5 Å². The van der Waals surface area contributed by atoms with Gasteiger partial charge < -0.3 is 5.32 Å². The van der Waals surface area contributed by atoms with Gasteiger partial charge in [0.2, 0.25) is 0 Å². The fourth-order valence-electron chi connectivity index (χ4n) is 2.11. The van der Waals surface area contributed by atoms with Gasteiger partial charge in [-0.25, -0.2) is 4.98 Å². The Morgan fingerprint density at radius 3 is 2.68 bits per heavy atom. The van der Waals surface area contributed by atoms with Gasteiger partial charge in [-0.2, -0.15) is 0 Å². The lowest BCUT2D eigenvalue weighted by Gasteiger charge is -2.17. The zero-order valence-electron chi connectivity index (χ0n) is 11.9. The highest BCUT2D eigenvalue weighted by atomic mass is 32.2. The maximum Gasteiger partial charge on any atom is 0.0900 e. The Labute approximate surface area is 123 Å². The van der Waals surface area contributed by atoms with E-state index in [-0.39, 0.29) is 0 Å². The molecule has 0 bridgehead atoms. The van der Waals surface area contributed by atoms with Crippen molar-refractivity contribution in [2.75, 3.05) is 11.1 Å². The van der Waals surface area contributed by atoms with Gasteiger partial charge in [0, 0.05) is 15.5 Å².